The minimum Gasteiger partial charge on any atom is -0.385 e. The molecule has 1 amide bonds. The SMILES string of the molecule is NCC1(O)CN(C(=O)c2ccc(F)c(F)c2Cc2ccc(I)cc2F)C1. The highest BCUT2D eigenvalue weighted by atomic mass is 127. The van der Waals surface area contributed by atoms with Crippen molar-refractivity contribution >= 4 is 28.5 Å². The highest BCUT2D eigenvalue weighted by Crippen LogP contribution is 2.27. The number of β-amino-alcohol motifs (C(OH)–C–C–N with tert-alkyl or cyclic N) is 1. The minimum atomic E-state index is -1.18. The molecule has 3 N–H and O–H groups in total. The Balaban J connectivity index is 1.94. The normalized spacial score (nSPS) is 15.7. The molecule has 3 rings (SSSR count). The predicted octanol–water partition coefficient (Wildman–Crippen LogP) is 2.44. The Labute approximate surface area is 161 Å². The molecule has 138 valence electrons. The van der Waals surface area contributed by atoms with Crippen molar-refractivity contribution in [2.45, 2.75) is 12.0 Å². The molecule has 1 aliphatic rings. The van der Waals surface area contributed by atoms with Gasteiger partial charge in [-0.1, -0.05) is 6.07 Å². The van der Waals surface area contributed by atoms with Gasteiger partial charge in [-0.3, -0.25) is 4.79 Å². The van der Waals surface area contributed by atoms with Gasteiger partial charge in [-0.25, -0.2) is 13.2 Å². The topological polar surface area (TPSA) is 66.6 Å². The van der Waals surface area contributed by atoms with Crippen molar-refractivity contribution in [3.63, 3.8) is 0 Å². The molecule has 0 unspecified atom stereocenters. The number of rotatable bonds is 4. The minimum absolute atomic E-state index is 0.00468. The Morgan fingerprint density at radius 2 is 1.88 bits per heavy atom. The molecule has 0 saturated carbocycles. The van der Waals surface area contributed by atoms with Crippen molar-refractivity contribution in [2.75, 3.05) is 19.6 Å². The maximum absolute atomic E-state index is 14.4. The smallest absolute Gasteiger partial charge is 0.254 e. The number of hydrogen-bond donors (Lipinski definition) is 2. The van der Waals surface area contributed by atoms with Gasteiger partial charge in [0.2, 0.25) is 0 Å². The van der Waals surface area contributed by atoms with Gasteiger partial charge in [0.25, 0.3) is 5.91 Å². The van der Waals surface area contributed by atoms with Crippen LogP contribution >= 0.6 is 22.6 Å². The van der Waals surface area contributed by atoms with E-state index in [1.807, 2.05) is 22.6 Å². The van der Waals surface area contributed by atoms with Gasteiger partial charge in [0, 0.05) is 27.7 Å². The van der Waals surface area contributed by atoms with Gasteiger partial charge in [-0.15, -0.1) is 0 Å². The van der Waals surface area contributed by atoms with E-state index in [1.54, 1.807) is 6.07 Å². The Kier molecular flexibility index (Phi) is 5.27. The summed E-state index contributed by atoms with van der Waals surface area (Å²) in [6.07, 6.45) is -0.261. The summed E-state index contributed by atoms with van der Waals surface area (Å²) in [5.74, 6) is -3.39. The quantitative estimate of drug-likeness (QED) is 0.667. The molecule has 4 nitrogen and oxygen atoms in total. The van der Waals surface area contributed by atoms with Crippen molar-refractivity contribution in [2.24, 2.45) is 5.73 Å². The van der Waals surface area contributed by atoms with E-state index in [0.29, 0.717) is 3.57 Å². The fourth-order valence-electron chi connectivity index (χ4n) is 2.93. The van der Waals surface area contributed by atoms with Crippen LogP contribution in [0.3, 0.4) is 0 Å². The van der Waals surface area contributed by atoms with E-state index in [9.17, 15) is 23.1 Å². The lowest BCUT2D eigenvalue weighted by atomic mass is 9.91. The van der Waals surface area contributed by atoms with Crippen LogP contribution in [-0.2, 0) is 6.42 Å². The second-order valence-corrected chi connectivity index (χ2v) is 7.64. The summed E-state index contributed by atoms with van der Waals surface area (Å²) >= 11 is 1.94. The Bertz CT molecular complexity index is 870. The molecule has 0 spiro atoms. The summed E-state index contributed by atoms with van der Waals surface area (Å²) < 4.78 is 42.9. The maximum Gasteiger partial charge on any atom is 0.254 e. The van der Waals surface area contributed by atoms with Gasteiger partial charge in [-0.2, -0.15) is 0 Å². The Morgan fingerprint density at radius 1 is 1.19 bits per heavy atom. The number of benzene rings is 2. The molecule has 0 bridgehead atoms. The van der Waals surface area contributed by atoms with Crippen LogP contribution in [0.1, 0.15) is 21.5 Å². The van der Waals surface area contributed by atoms with Crippen molar-refractivity contribution < 1.29 is 23.1 Å². The van der Waals surface area contributed by atoms with E-state index in [4.69, 9.17) is 5.73 Å². The number of carbonyl (C=O) groups excluding carboxylic acids is 1. The Hall–Kier alpha value is -1.65. The molecule has 8 heteroatoms. The fraction of sp³-hybridized carbons (Fsp3) is 0.278. The fourth-order valence-corrected chi connectivity index (χ4v) is 3.38. The van der Waals surface area contributed by atoms with Crippen molar-refractivity contribution in [1.29, 1.82) is 0 Å². The number of amides is 1. The van der Waals surface area contributed by atoms with E-state index in [0.717, 1.165) is 6.07 Å². The summed E-state index contributed by atoms with van der Waals surface area (Å²) in [6, 6.07) is 6.46. The van der Waals surface area contributed by atoms with E-state index < -0.39 is 29.0 Å². The van der Waals surface area contributed by atoms with Gasteiger partial charge in [-0.05, 0) is 52.4 Å². The van der Waals surface area contributed by atoms with Crippen LogP contribution in [0.5, 0.6) is 0 Å². The second kappa shape index (κ2) is 7.16. The van der Waals surface area contributed by atoms with Crippen LogP contribution in [-0.4, -0.2) is 41.1 Å². The number of nitrogens with two attached hydrogens (primary N) is 1. The number of nitrogens with zero attached hydrogens (tertiary/aromatic N) is 1. The molecule has 1 fully saturated rings. The zero-order valence-electron chi connectivity index (χ0n) is 13.6. The summed E-state index contributed by atoms with van der Waals surface area (Å²) in [5.41, 5.74) is 4.17. The van der Waals surface area contributed by atoms with Crippen LogP contribution in [0.25, 0.3) is 0 Å². The summed E-state index contributed by atoms with van der Waals surface area (Å²) in [4.78, 5) is 13.9. The largest absolute Gasteiger partial charge is 0.385 e. The molecule has 26 heavy (non-hydrogen) atoms. The lowest BCUT2D eigenvalue weighted by Gasteiger charge is -2.46. The van der Waals surface area contributed by atoms with Gasteiger partial charge < -0.3 is 15.7 Å². The first kappa shape index (κ1) is 19.1. The molecular formula is C18H16F3IN2O2. The molecule has 0 aliphatic carbocycles. The predicted molar refractivity (Wildman–Crippen MR) is 98.2 cm³/mol. The van der Waals surface area contributed by atoms with Gasteiger partial charge >= 0.3 is 0 Å². The molecule has 1 saturated heterocycles. The zero-order chi connectivity index (χ0) is 19.1. The molecular weight excluding hydrogens is 460 g/mol. The molecule has 0 radical (unpaired) electrons. The third kappa shape index (κ3) is 3.58. The standard InChI is InChI=1S/C18H16F3IN2O2/c19-14-4-3-12(17(25)24-8-18(26,7-23)9-24)13(16(14)21)5-10-1-2-11(22)6-15(10)20/h1-4,6,26H,5,7-9,23H2. The number of likely N-dealkylation sites (tertiary alicyclic amines) is 1. The van der Waals surface area contributed by atoms with Crippen molar-refractivity contribution in [1.82, 2.24) is 4.90 Å². The first-order chi connectivity index (χ1) is 12.2. The van der Waals surface area contributed by atoms with Crippen LogP contribution in [0.4, 0.5) is 13.2 Å². The molecule has 2 aromatic carbocycles. The number of halogens is 4. The maximum atomic E-state index is 14.4. The molecule has 0 atom stereocenters. The van der Waals surface area contributed by atoms with Crippen molar-refractivity contribution in [3.05, 3.63) is 68.0 Å². The van der Waals surface area contributed by atoms with Gasteiger partial charge in [0.05, 0.1) is 13.1 Å². The number of aliphatic hydroxyl groups is 1. The van der Waals surface area contributed by atoms with Crippen LogP contribution in [0.2, 0.25) is 0 Å². The van der Waals surface area contributed by atoms with E-state index in [-0.39, 0.29) is 42.7 Å². The summed E-state index contributed by atoms with van der Waals surface area (Å²) in [7, 11) is 0. The van der Waals surface area contributed by atoms with Crippen LogP contribution in [0.15, 0.2) is 30.3 Å². The summed E-state index contributed by atoms with van der Waals surface area (Å²) in [5, 5.41) is 9.95. The van der Waals surface area contributed by atoms with Gasteiger partial charge in [0.15, 0.2) is 11.6 Å². The third-order valence-corrected chi connectivity index (χ3v) is 5.12. The average Bonchev–Trinajstić information content (AvgIpc) is 2.57. The highest BCUT2D eigenvalue weighted by molar-refractivity contribution is 14.1. The highest BCUT2D eigenvalue weighted by Gasteiger charge is 2.43. The van der Waals surface area contributed by atoms with Crippen LogP contribution in [0, 0.1) is 21.0 Å². The molecule has 0 aromatic heterocycles. The lowest BCUT2D eigenvalue weighted by molar-refractivity contribution is -0.0735. The Morgan fingerprint density at radius 3 is 2.50 bits per heavy atom. The average molecular weight is 476 g/mol. The number of carbonyl (C=O) groups is 1. The summed E-state index contributed by atoms with van der Waals surface area (Å²) in [6.45, 7) is 0.0204. The van der Waals surface area contributed by atoms with E-state index >= 15 is 0 Å². The number of hydrogen-bond acceptors (Lipinski definition) is 3. The van der Waals surface area contributed by atoms with Gasteiger partial charge in [0.1, 0.15) is 11.4 Å². The molecule has 2 aromatic rings. The first-order valence-electron chi connectivity index (χ1n) is 7.86. The monoisotopic (exact) mass is 476 g/mol. The first-order valence-corrected chi connectivity index (χ1v) is 8.94. The van der Waals surface area contributed by atoms with E-state index in [2.05, 4.69) is 0 Å². The third-order valence-electron chi connectivity index (χ3n) is 4.45. The lowest BCUT2D eigenvalue weighted by Crippen LogP contribution is -2.66. The van der Waals surface area contributed by atoms with Crippen LogP contribution < -0.4 is 5.73 Å². The molecule has 1 aliphatic heterocycles. The second-order valence-electron chi connectivity index (χ2n) is 6.39. The molecule has 1 heterocycles. The zero-order valence-corrected chi connectivity index (χ0v) is 15.8. The van der Waals surface area contributed by atoms with Crippen molar-refractivity contribution in [3.8, 4) is 0 Å². The van der Waals surface area contributed by atoms with E-state index in [1.165, 1.54) is 23.1 Å².